The van der Waals surface area contributed by atoms with Crippen molar-refractivity contribution in [1.29, 1.82) is 0 Å². The van der Waals surface area contributed by atoms with Gasteiger partial charge in [0.15, 0.2) is 5.78 Å². The third-order valence-corrected chi connectivity index (χ3v) is 9.17. The van der Waals surface area contributed by atoms with Gasteiger partial charge in [-0.15, -0.1) is 0 Å². The van der Waals surface area contributed by atoms with Crippen molar-refractivity contribution in [3.8, 4) is 11.8 Å². The Bertz CT molecular complexity index is 1030. The van der Waals surface area contributed by atoms with E-state index < -0.39 is 5.60 Å². The van der Waals surface area contributed by atoms with Crippen LogP contribution in [0.4, 0.5) is 0 Å². The van der Waals surface area contributed by atoms with Gasteiger partial charge in [-0.05, 0) is 98.5 Å². The van der Waals surface area contributed by atoms with Gasteiger partial charge in [-0.1, -0.05) is 24.3 Å². The molecule has 0 radical (unpaired) electrons. The van der Waals surface area contributed by atoms with Gasteiger partial charge < -0.3 is 10.4 Å². The molecule has 168 valence electrons. The highest BCUT2D eigenvalue weighted by atomic mass is 16.3. The summed E-state index contributed by atoms with van der Waals surface area (Å²) in [4.78, 5) is 23.7. The number of allylic oxidation sites excluding steroid dienone is 1. The van der Waals surface area contributed by atoms with Crippen molar-refractivity contribution in [2.24, 2.45) is 29.1 Å². The lowest BCUT2D eigenvalue weighted by molar-refractivity contribution is -0.117. The van der Waals surface area contributed by atoms with Gasteiger partial charge >= 0.3 is 0 Å². The summed E-state index contributed by atoms with van der Waals surface area (Å²) in [5.74, 6) is 8.67. The number of carbonyl (C=O) groups excluding carboxylic acids is 2. The predicted molar refractivity (Wildman–Crippen MR) is 124 cm³/mol. The molecule has 0 aliphatic heterocycles. The number of fused-ring (bicyclic) bond motifs is 5. The standard InChI is InChI=1S/C28H33NO3/c1-27-14-12-21(30)17-20(27)7-8-22-23-13-16-28(32,25(23)10-9-24(22)27)15-11-18-3-5-19(6-4-18)26(31)29-2/h3-6,17,22-25,32H,7-10,12-14,16H2,1-2H3,(H,29,31)/t22-,23-,24-,25?,27-,28-/m0/s1. The Kier molecular flexibility index (Phi) is 5.29. The zero-order valence-electron chi connectivity index (χ0n) is 19.1. The van der Waals surface area contributed by atoms with Gasteiger partial charge in [0.2, 0.25) is 0 Å². The summed E-state index contributed by atoms with van der Waals surface area (Å²) in [5.41, 5.74) is 2.08. The molecule has 2 N–H and O–H groups in total. The van der Waals surface area contributed by atoms with Gasteiger partial charge in [-0.25, -0.2) is 0 Å². The fraction of sp³-hybridized carbons (Fsp3) is 0.571. The minimum absolute atomic E-state index is 0.111. The molecule has 3 fully saturated rings. The van der Waals surface area contributed by atoms with Crippen LogP contribution >= 0.6 is 0 Å². The second-order valence-corrected chi connectivity index (χ2v) is 10.6. The van der Waals surface area contributed by atoms with Crippen LogP contribution in [0.2, 0.25) is 0 Å². The number of amides is 1. The van der Waals surface area contributed by atoms with E-state index >= 15 is 0 Å². The molecule has 0 aromatic heterocycles. The van der Waals surface area contributed by atoms with Crippen molar-refractivity contribution in [2.45, 2.75) is 63.9 Å². The second-order valence-electron chi connectivity index (χ2n) is 10.6. The summed E-state index contributed by atoms with van der Waals surface area (Å²) in [5, 5.41) is 14.2. The first-order chi connectivity index (χ1) is 15.3. The Morgan fingerprint density at radius 1 is 1.03 bits per heavy atom. The SMILES string of the molecule is CNC(=O)c1ccc(C#C[C@]2(O)CC[C@@H]3C2CC[C@H]2[C@H]3CCC3=CC(=O)CC[C@@]32C)cc1. The number of hydrogen-bond acceptors (Lipinski definition) is 3. The molecule has 1 aromatic carbocycles. The topological polar surface area (TPSA) is 66.4 Å². The predicted octanol–water partition coefficient (Wildman–Crippen LogP) is 4.27. The van der Waals surface area contributed by atoms with E-state index in [4.69, 9.17) is 0 Å². The quantitative estimate of drug-likeness (QED) is 0.653. The lowest BCUT2D eigenvalue weighted by Gasteiger charge is -2.55. The lowest BCUT2D eigenvalue weighted by Crippen LogP contribution is -2.49. The number of aliphatic hydroxyl groups is 1. The van der Waals surface area contributed by atoms with Crippen molar-refractivity contribution in [3.63, 3.8) is 0 Å². The molecule has 0 bridgehead atoms. The summed E-state index contributed by atoms with van der Waals surface area (Å²) in [7, 11) is 1.62. The highest BCUT2D eigenvalue weighted by Gasteiger charge is 2.57. The molecule has 0 saturated heterocycles. The van der Waals surface area contributed by atoms with Crippen LogP contribution in [0.3, 0.4) is 0 Å². The summed E-state index contributed by atoms with van der Waals surface area (Å²) in [6.45, 7) is 2.39. The molecule has 3 saturated carbocycles. The minimum atomic E-state index is -0.922. The van der Waals surface area contributed by atoms with E-state index in [0.717, 1.165) is 50.5 Å². The largest absolute Gasteiger partial charge is 0.377 e. The molecule has 4 aliphatic rings. The minimum Gasteiger partial charge on any atom is -0.377 e. The number of nitrogens with one attached hydrogen (secondary N) is 1. The molecule has 4 aliphatic carbocycles. The summed E-state index contributed by atoms with van der Waals surface area (Å²) in [6.07, 6.45) is 9.74. The average molecular weight is 432 g/mol. The first-order valence-electron chi connectivity index (χ1n) is 12.2. The fourth-order valence-electron chi connectivity index (χ4n) is 7.43. The normalized spacial score (nSPS) is 37.8. The van der Waals surface area contributed by atoms with Gasteiger partial charge in [0.1, 0.15) is 5.60 Å². The molecule has 1 aromatic rings. The highest BCUT2D eigenvalue weighted by Crippen LogP contribution is 2.63. The van der Waals surface area contributed by atoms with Crippen LogP contribution in [0.15, 0.2) is 35.9 Å². The van der Waals surface area contributed by atoms with Gasteiger partial charge in [0, 0.05) is 30.5 Å². The van der Waals surface area contributed by atoms with Crippen LogP contribution in [0.25, 0.3) is 0 Å². The van der Waals surface area contributed by atoms with Crippen LogP contribution < -0.4 is 5.32 Å². The van der Waals surface area contributed by atoms with Crippen molar-refractivity contribution >= 4 is 11.7 Å². The van der Waals surface area contributed by atoms with Crippen molar-refractivity contribution in [1.82, 2.24) is 5.32 Å². The third-order valence-electron chi connectivity index (χ3n) is 9.17. The van der Waals surface area contributed by atoms with E-state index in [1.165, 1.54) is 5.57 Å². The number of rotatable bonds is 1. The highest BCUT2D eigenvalue weighted by molar-refractivity contribution is 5.94. The van der Waals surface area contributed by atoms with E-state index in [1.54, 1.807) is 19.2 Å². The smallest absolute Gasteiger partial charge is 0.251 e. The Balaban J connectivity index is 1.35. The zero-order chi connectivity index (χ0) is 22.5. The summed E-state index contributed by atoms with van der Waals surface area (Å²) in [6, 6.07) is 7.26. The molecule has 32 heavy (non-hydrogen) atoms. The van der Waals surface area contributed by atoms with Crippen LogP contribution in [0, 0.1) is 40.9 Å². The average Bonchev–Trinajstić information content (AvgIpc) is 3.15. The van der Waals surface area contributed by atoms with E-state index in [9.17, 15) is 14.7 Å². The Morgan fingerprint density at radius 3 is 2.50 bits per heavy atom. The maximum Gasteiger partial charge on any atom is 0.251 e. The van der Waals surface area contributed by atoms with Crippen molar-refractivity contribution < 1.29 is 14.7 Å². The van der Waals surface area contributed by atoms with Crippen LogP contribution in [-0.2, 0) is 4.79 Å². The summed E-state index contributed by atoms with van der Waals surface area (Å²) < 4.78 is 0. The fourth-order valence-corrected chi connectivity index (χ4v) is 7.43. The third kappa shape index (κ3) is 3.42. The number of carbonyl (C=O) groups is 2. The van der Waals surface area contributed by atoms with E-state index in [0.29, 0.717) is 35.5 Å². The van der Waals surface area contributed by atoms with Crippen LogP contribution in [0.5, 0.6) is 0 Å². The van der Waals surface area contributed by atoms with Crippen molar-refractivity contribution in [2.75, 3.05) is 7.05 Å². The molecule has 4 heteroatoms. The lowest BCUT2D eigenvalue weighted by atomic mass is 9.49. The summed E-state index contributed by atoms with van der Waals surface area (Å²) >= 11 is 0. The molecule has 1 unspecified atom stereocenters. The first kappa shape index (κ1) is 21.5. The van der Waals surface area contributed by atoms with Crippen LogP contribution in [0.1, 0.15) is 74.2 Å². The van der Waals surface area contributed by atoms with Gasteiger partial charge in [0.25, 0.3) is 5.91 Å². The first-order valence-corrected chi connectivity index (χ1v) is 12.2. The van der Waals surface area contributed by atoms with E-state index in [-0.39, 0.29) is 17.2 Å². The maximum absolute atomic E-state index is 12.0. The Hall–Kier alpha value is -2.38. The molecule has 0 spiro atoms. The molecular weight excluding hydrogens is 398 g/mol. The van der Waals surface area contributed by atoms with Gasteiger partial charge in [-0.3, -0.25) is 9.59 Å². The molecule has 4 nitrogen and oxygen atoms in total. The molecular formula is C28H33NO3. The number of hydrogen-bond donors (Lipinski definition) is 2. The molecule has 0 heterocycles. The Labute approximate surface area is 190 Å². The van der Waals surface area contributed by atoms with Crippen LogP contribution in [-0.4, -0.2) is 29.4 Å². The second kappa shape index (κ2) is 7.89. The Morgan fingerprint density at radius 2 is 1.75 bits per heavy atom. The van der Waals surface area contributed by atoms with E-state index in [1.807, 2.05) is 18.2 Å². The zero-order valence-corrected chi connectivity index (χ0v) is 19.1. The van der Waals surface area contributed by atoms with Crippen molar-refractivity contribution in [3.05, 3.63) is 47.0 Å². The maximum atomic E-state index is 12.0. The molecule has 1 amide bonds. The van der Waals surface area contributed by atoms with Gasteiger partial charge in [-0.2, -0.15) is 0 Å². The molecule has 5 rings (SSSR count). The van der Waals surface area contributed by atoms with Gasteiger partial charge in [0.05, 0.1) is 0 Å². The number of ketones is 1. The number of benzene rings is 1. The molecule has 6 atom stereocenters. The van der Waals surface area contributed by atoms with E-state index in [2.05, 4.69) is 24.1 Å². The monoisotopic (exact) mass is 431 g/mol.